The van der Waals surface area contributed by atoms with E-state index >= 15 is 0 Å². The Bertz CT molecular complexity index is 236. The van der Waals surface area contributed by atoms with Crippen molar-refractivity contribution in [1.29, 1.82) is 0 Å². The summed E-state index contributed by atoms with van der Waals surface area (Å²) in [5.74, 6) is -0.0883. The van der Waals surface area contributed by atoms with E-state index in [4.69, 9.17) is 9.47 Å². The van der Waals surface area contributed by atoms with Crippen LogP contribution >= 0.6 is 0 Å². The molecule has 1 aliphatic rings. The lowest BCUT2D eigenvalue weighted by Crippen LogP contribution is -2.40. The van der Waals surface area contributed by atoms with Gasteiger partial charge in [0.2, 0.25) is 5.91 Å². The first-order chi connectivity index (χ1) is 7.74. The molecule has 1 rings (SSSR count). The Labute approximate surface area is 95.7 Å². The van der Waals surface area contributed by atoms with E-state index in [9.17, 15) is 9.59 Å². The molecule has 5 heteroatoms. The van der Waals surface area contributed by atoms with Crippen molar-refractivity contribution in [2.45, 2.75) is 26.2 Å². The molecule has 0 atom stereocenters. The van der Waals surface area contributed by atoms with Crippen LogP contribution in [0.2, 0.25) is 0 Å². The van der Waals surface area contributed by atoms with E-state index in [1.54, 1.807) is 11.8 Å². The Morgan fingerprint density at radius 3 is 2.62 bits per heavy atom. The summed E-state index contributed by atoms with van der Waals surface area (Å²) in [7, 11) is 0. The van der Waals surface area contributed by atoms with Gasteiger partial charge in [0.15, 0.2) is 0 Å². The van der Waals surface area contributed by atoms with Crippen LogP contribution in [0.5, 0.6) is 0 Å². The van der Waals surface area contributed by atoms with Crippen molar-refractivity contribution in [3.05, 3.63) is 0 Å². The fourth-order valence-electron chi connectivity index (χ4n) is 1.48. The molecule has 0 unspecified atom stereocenters. The van der Waals surface area contributed by atoms with Gasteiger partial charge in [0, 0.05) is 25.9 Å². The summed E-state index contributed by atoms with van der Waals surface area (Å²) in [5.41, 5.74) is 0. The number of carbonyl (C=O) groups excluding carboxylic acids is 2. The minimum absolute atomic E-state index is 0.121. The number of nitrogens with zero attached hydrogens (tertiary/aromatic N) is 1. The molecule has 16 heavy (non-hydrogen) atoms. The predicted octanol–water partition coefficient (Wildman–Crippen LogP) is 0.579. The number of morpholine rings is 1. The van der Waals surface area contributed by atoms with Crippen molar-refractivity contribution >= 4 is 11.9 Å². The van der Waals surface area contributed by atoms with Gasteiger partial charge in [-0.25, -0.2) is 0 Å². The van der Waals surface area contributed by atoms with Crippen LogP contribution in [0.15, 0.2) is 0 Å². The van der Waals surface area contributed by atoms with Crippen molar-refractivity contribution < 1.29 is 19.1 Å². The third-order valence-electron chi connectivity index (χ3n) is 2.45. The molecule has 0 radical (unpaired) electrons. The van der Waals surface area contributed by atoms with Gasteiger partial charge in [-0.2, -0.15) is 0 Å². The van der Waals surface area contributed by atoms with E-state index in [0.717, 1.165) is 0 Å². The maximum atomic E-state index is 11.6. The molecule has 1 heterocycles. The summed E-state index contributed by atoms with van der Waals surface area (Å²) in [6.07, 6.45) is 1.43. The molecule has 0 bridgehead atoms. The van der Waals surface area contributed by atoms with Crippen LogP contribution in [0.4, 0.5) is 0 Å². The van der Waals surface area contributed by atoms with Gasteiger partial charge in [-0.1, -0.05) is 6.92 Å². The summed E-state index contributed by atoms with van der Waals surface area (Å²) >= 11 is 0. The molecule has 0 aromatic rings. The lowest BCUT2D eigenvalue weighted by Gasteiger charge is -2.26. The van der Waals surface area contributed by atoms with E-state index in [0.29, 0.717) is 52.2 Å². The van der Waals surface area contributed by atoms with Gasteiger partial charge in [0.1, 0.15) is 0 Å². The highest BCUT2D eigenvalue weighted by atomic mass is 16.5. The third kappa shape index (κ3) is 4.61. The van der Waals surface area contributed by atoms with Gasteiger partial charge in [-0.15, -0.1) is 0 Å². The lowest BCUT2D eigenvalue weighted by atomic mass is 10.2. The summed E-state index contributed by atoms with van der Waals surface area (Å²) in [4.78, 5) is 24.3. The SMILES string of the molecule is CCC(=O)OCCCC(=O)N1CCOCC1. The first kappa shape index (κ1) is 13.0. The van der Waals surface area contributed by atoms with Crippen LogP contribution in [0.25, 0.3) is 0 Å². The molecule has 1 amide bonds. The predicted molar refractivity (Wildman–Crippen MR) is 57.9 cm³/mol. The molecular formula is C11H19NO4. The quantitative estimate of drug-likeness (QED) is 0.511. The molecule has 92 valence electrons. The fraction of sp³-hybridized carbons (Fsp3) is 0.818. The van der Waals surface area contributed by atoms with Crippen molar-refractivity contribution in [3.63, 3.8) is 0 Å². The number of rotatable bonds is 5. The zero-order valence-electron chi connectivity index (χ0n) is 9.74. The summed E-state index contributed by atoms with van der Waals surface area (Å²) in [5, 5.41) is 0. The Kier molecular flexibility index (Phi) is 5.85. The summed E-state index contributed by atoms with van der Waals surface area (Å²) < 4.78 is 10.1. The molecule has 0 aromatic carbocycles. The van der Waals surface area contributed by atoms with Crippen LogP contribution < -0.4 is 0 Å². The molecule has 0 N–H and O–H groups in total. The maximum absolute atomic E-state index is 11.6. The van der Waals surface area contributed by atoms with Gasteiger partial charge in [-0.3, -0.25) is 9.59 Å². The average molecular weight is 229 g/mol. The zero-order valence-corrected chi connectivity index (χ0v) is 9.74. The van der Waals surface area contributed by atoms with Gasteiger partial charge >= 0.3 is 5.97 Å². The number of carbonyl (C=O) groups is 2. The second-order valence-corrected chi connectivity index (χ2v) is 3.67. The van der Waals surface area contributed by atoms with Crippen molar-refractivity contribution in [2.75, 3.05) is 32.9 Å². The Balaban J connectivity index is 2.07. The number of hydrogen-bond donors (Lipinski definition) is 0. The largest absolute Gasteiger partial charge is 0.466 e. The summed E-state index contributed by atoms with van der Waals surface area (Å²) in [6.45, 7) is 4.68. The first-order valence-corrected chi connectivity index (χ1v) is 5.75. The lowest BCUT2D eigenvalue weighted by molar-refractivity contribution is -0.144. The smallest absolute Gasteiger partial charge is 0.305 e. The summed E-state index contributed by atoms with van der Waals surface area (Å²) in [6, 6.07) is 0. The van der Waals surface area contributed by atoms with Crippen molar-refractivity contribution in [1.82, 2.24) is 4.90 Å². The van der Waals surface area contributed by atoms with E-state index in [1.165, 1.54) is 0 Å². The molecule has 0 spiro atoms. The zero-order chi connectivity index (χ0) is 11.8. The Morgan fingerprint density at radius 1 is 1.31 bits per heavy atom. The van der Waals surface area contributed by atoms with E-state index in [1.807, 2.05) is 0 Å². The normalized spacial score (nSPS) is 15.9. The molecular weight excluding hydrogens is 210 g/mol. The van der Waals surface area contributed by atoms with Gasteiger partial charge < -0.3 is 14.4 Å². The highest BCUT2D eigenvalue weighted by Gasteiger charge is 2.16. The number of ether oxygens (including phenoxy) is 2. The molecule has 0 aromatic heterocycles. The highest BCUT2D eigenvalue weighted by Crippen LogP contribution is 2.02. The van der Waals surface area contributed by atoms with Gasteiger partial charge in [0.25, 0.3) is 0 Å². The number of amides is 1. The molecule has 5 nitrogen and oxygen atoms in total. The monoisotopic (exact) mass is 229 g/mol. The standard InChI is InChI=1S/C11H19NO4/c1-2-11(14)16-7-3-4-10(13)12-5-8-15-9-6-12/h2-9H2,1H3. The second kappa shape index (κ2) is 7.22. The van der Waals surface area contributed by atoms with Crippen LogP contribution in [0, 0.1) is 0 Å². The number of hydrogen-bond acceptors (Lipinski definition) is 4. The van der Waals surface area contributed by atoms with Gasteiger partial charge in [-0.05, 0) is 6.42 Å². The second-order valence-electron chi connectivity index (χ2n) is 3.67. The van der Waals surface area contributed by atoms with E-state index in [-0.39, 0.29) is 11.9 Å². The number of esters is 1. The van der Waals surface area contributed by atoms with Crippen molar-refractivity contribution in [2.24, 2.45) is 0 Å². The molecule has 1 saturated heterocycles. The van der Waals surface area contributed by atoms with E-state index < -0.39 is 0 Å². The molecule has 0 aliphatic carbocycles. The Hall–Kier alpha value is -1.10. The highest BCUT2D eigenvalue weighted by molar-refractivity contribution is 5.76. The maximum Gasteiger partial charge on any atom is 0.305 e. The topological polar surface area (TPSA) is 55.8 Å². The fourth-order valence-corrected chi connectivity index (χ4v) is 1.48. The van der Waals surface area contributed by atoms with Crippen molar-refractivity contribution in [3.8, 4) is 0 Å². The molecule has 1 aliphatic heterocycles. The van der Waals surface area contributed by atoms with Gasteiger partial charge in [0.05, 0.1) is 19.8 Å². The molecule has 0 saturated carbocycles. The van der Waals surface area contributed by atoms with Crippen LogP contribution in [0.1, 0.15) is 26.2 Å². The van der Waals surface area contributed by atoms with Crippen LogP contribution in [-0.2, 0) is 19.1 Å². The van der Waals surface area contributed by atoms with Crippen LogP contribution in [-0.4, -0.2) is 49.7 Å². The molecule has 1 fully saturated rings. The minimum Gasteiger partial charge on any atom is -0.466 e. The Morgan fingerprint density at radius 2 is 2.00 bits per heavy atom. The minimum atomic E-state index is -0.209. The van der Waals surface area contributed by atoms with E-state index in [2.05, 4.69) is 0 Å². The average Bonchev–Trinajstić information content (AvgIpc) is 2.35. The third-order valence-corrected chi connectivity index (χ3v) is 2.45. The first-order valence-electron chi connectivity index (χ1n) is 5.75. The van der Waals surface area contributed by atoms with Crippen LogP contribution in [0.3, 0.4) is 0 Å².